The van der Waals surface area contributed by atoms with Gasteiger partial charge in [-0.3, -0.25) is 4.79 Å². The van der Waals surface area contributed by atoms with Crippen molar-refractivity contribution in [2.24, 2.45) is 0 Å². The van der Waals surface area contributed by atoms with Crippen LogP contribution >= 0.6 is 0 Å². The van der Waals surface area contributed by atoms with Crippen LogP contribution in [0, 0.1) is 0 Å². The summed E-state index contributed by atoms with van der Waals surface area (Å²) in [6.07, 6.45) is 0. The summed E-state index contributed by atoms with van der Waals surface area (Å²) in [5.74, 6) is 0.875. The van der Waals surface area contributed by atoms with E-state index in [2.05, 4.69) is 9.88 Å². The summed E-state index contributed by atoms with van der Waals surface area (Å²) in [7, 11) is 4.02. The molecule has 20 heavy (non-hydrogen) atoms. The molecular weight excluding hydrogens is 252 g/mol. The summed E-state index contributed by atoms with van der Waals surface area (Å²) in [5.41, 5.74) is 1.59. The Morgan fingerprint density at radius 2 is 2.00 bits per heavy atom. The fraction of sp³-hybridized carbons (Fsp3) is 0.438. The van der Waals surface area contributed by atoms with Crippen LogP contribution in [0.15, 0.2) is 24.3 Å². The number of fused-ring (bicyclic) bond motifs is 1. The van der Waals surface area contributed by atoms with E-state index in [0.29, 0.717) is 12.3 Å². The van der Waals surface area contributed by atoms with E-state index in [1.807, 2.05) is 52.2 Å². The topological polar surface area (TPSA) is 45.3 Å². The lowest BCUT2D eigenvalue weighted by Crippen LogP contribution is -2.19. The average Bonchev–Trinajstić information content (AvgIpc) is 2.84. The molecule has 0 amide bonds. The Morgan fingerprint density at radius 1 is 1.30 bits per heavy atom. The molecule has 0 aliphatic rings. The van der Waals surface area contributed by atoms with Gasteiger partial charge in [-0.05, 0) is 38.4 Å². The molecule has 0 bridgehead atoms. The van der Waals surface area contributed by atoms with Crippen molar-refractivity contribution in [3.8, 4) is 5.75 Å². The van der Waals surface area contributed by atoms with E-state index in [9.17, 15) is 4.79 Å². The second-order valence-electron chi connectivity index (χ2n) is 4.64. The predicted octanol–water partition coefficient (Wildman–Crippen LogP) is 3.58. The third kappa shape index (κ3) is 4.38. The molecule has 0 unspecified atom stereocenters. The first-order chi connectivity index (χ1) is 9.56. The van der Waals surface area contributed by atoms with E-state index in [1.54, 1.807) is 6.92 Å². The highest BCUT2D eigenvalue weighted by Crippen LogP contribution is 2.21. The van der Waals surface area contributed by atoms with Gasteiger partial charge >= 0.3 is 0 Å². The minimum atomic E-state index is 0. The molecule has 0 fully saturated rings. The van der Waals surface area contributed by atoms with Gasteiger partial charge in [-0.2, -0.15) is 0 Å². The molecular formula is C16H26N2O2. The zero-order valence-corrected chi connectivity index (χ0v) is 13.0. The number of rotatable bonds is 5. The zero-order chi connectivity index (χ0) is 15.1. The van der Waals surface area contributed by atoms with Gasteiger partial charge in [0.1, 0.15) is 12.4 Å². The number of H-pyrrole nitrogens is 1. The molecule has 1 aromatic carbocycles. The van der Waals surface area contributed by atoms with Gasteiger partial charge in [0, 0.05) is 25.8 Å². The summed E-state index contributed by atoms with van der Waals surface area (Å²) in [6.45, 7) is 7.09. The van der Waals surface area contributed by atoms with Crippen LogP contribution in [0.3, 0.4) is 0 Å². The Labute approximate surface area is 122 Å². The molecule has 0 saturated carbocycles. The molecule has 0 saturated heterocycles. The minimum Gasteiger partial charge on any atom is -0.492 e. The third-order valence-corrected chi connectivity index (χ3v) is 2.78. The molecule has 0 aliphatic heterocycles. The van der Waals surface area contributed by atoms with E-state index < -0.39 is 0 Å². The van der Waals surface area contributed by atoms with Gasteiger partial charge < -0.3 is 14.6 Å². The van der Waals surface area contributed by atoms with Gasteiger partial charge in [0.15, 0.2) is 5.78 Å². The number of Topliss-reactive ketones (excluding diaryl/α,β-unsaturated/α-hetero) is 1. The van der Waals surface area contributed by atoms with Gasteiger partial charge in [0.05, 0.1) is 5.69 Å². The second kappa shape index (κ2) is 7.70. The number of carbonyl (C=O) groups is 1. The number of aromatic amines is 1. The number of ether oxygens (including phenoxy) is 1. The maximum absolute atomic E-state index is 11.3. The molecule has 112 valence electrons. The summed E-state index contributed by atoms with van der Waals surface area (Å²) in [4.78, 5) is 16.4. The fourth-order valence-electron chi connectivity index (χ4n) is 1.74. The zero-order valence-electron chi connectivity index (χ0n) is 13.0. The Hall–Kier alpha value is -1.81. The minimum absolute atomic E-state index is 0. The number of carbonyl (C=O) groups excluding carboxylic acids is 1. The Morgan fingerprint density at radius 3 is 2.60 bits per heavy atom. The molecule has 0 atom stereocenters. The van der Waals surface area contributed by atoms with Crippen LogP contribution in [0.25, 0.3) is 10.9 Å². The smallest absolute Gasteiger partial charge is 0.175 e. The van der Waals surface area contributed by atoms with E-state index in [4.69, 9.17) is 4.74 Å². The maximum Gasteiger partial charge on any atom is 0.175 e. The van der Waals surface area contributed by atoms with Crippen LogP contribution in [0.4, 0.5) is 0 Å². The Kier molecular flexibility index (Phi) is 6.25. The van der Waals surface area contributed by atoms with Crippen molar-refractivity contribution in [2.45, 2.75) is 20.8 Å². The van der Waals surface area contributed by atoms with Crippen molar-refractivity contribution < 1.29 is 11.0 Å². The summed E-state index contributed by atoms with van der Waals surface area (Å²) in [5, 5.41) is 1.00. The van der Waals surface area contributed by atoms with E-state index >= 15 is 0 Å². The molecule has 1 N–H and O–H groups in total. The molecule has 2 rings (SSSR count). The van der Waals surface area contributed by atoms with Crippen molar-refractivity contribution in [2.75, 3.05) is 27.2 Å². The van der Waals surface area contributed by atoms with E-state index in [0.717, 1.165) is 23.2 Å². The summed E-state index contributed by atoms with van der Waals surface area (Å²) < 4.78 is 5.65. The first-order valence-corrected chi connectivity index (χ1v) is 6.97. The summed E-state index contributed by atoms with van der Waals surface area (Å²) in [6, 6.07) is 7.66. The lowest BCUT2D eigenvalue weighted by Gasteiger charge is -2.10. The van der Waals surface area contributed by atoms with Crippen molar-refractivity contribution in [3.05, 3.63) is 30.0 Å². The van der Waals surface area contributed by atoms with E-state index in [-0.39, 0.29) is 7.21 Å². The summed E-state index contributed by atoms with van der Waals surface area (Å²) >= 11 is 0. The molecule has 4 nitrogen and oxygen atoms in total. The SMILES string of the molecule is CC.CC(=O)c1cc2cc(OCCN(C)C)ccc2[nH]1.[HH]. The quantitative estimate of drug-likeness (QED) is 0.850. The first-order valence-electron chi connectivity index (χ1n) is 6.97. The van der Waals surface area contributed by atoms with Crippen LogP contribution < -0.4 is 4.74 Å². The average molecular weight is 278 g/mol. The highest BCUT2D eigenvalue weighted by atomic mass is 16.5. The van der Waals surface area contributed by atoms with Crippen LogP contribution in [0.2, 0.25) is 0 Å². The van der Waals surface area contributed by atoms with Crippen LogP contribution in [0.1, 0.15) is 32.7 Å². The van der Waals surface area contributed by atoms with Crippen molar-refractivity contribution in [1.82, 2.24) is 9.88 Å². The van der Waals surface area contributed by atoms with Crippen molar-refractivity contribution in [3.63, 3.8) is 0 Å². The number of hydrogen-bond donors (Lipinski definition) is 1. The molecule has 0 spiro atoms. The van der Waals surface area contributed by atoms with Crippen LogP contribution in [0.5, 0.6) is 5.75 Å². The lowest BCUT2D eigenvalue weighted by molar-refractivity contribution is 0.101. The highest BCUT2D eigenvalue weighted by molar-refractivity contribution is 5.98. The van der Waals surface area contributed by atoms with Gasteiger partial charge in [-0.25, -0.2) is 0 Å². The monoisotopic (exact) mass is 278 g/mol. The van der Waals surface area contributed by atoms with Crippen LogP contribution in [-0.2, 0) is 0 Å². The molecule has 0 radical (unpaired) electrons. The Balaban J connectivity index is 0.00000128. The second-order valence-corrected chi connectivity index (χ2v) is 4.64. The number of ketones is 1. The normalized spacial score (nSPS) is 10.3. The van der Waals surface area contributed by atoms with Gasteiger partial charge in [0.25, 0.3) is 0 Å². The number of benzene rings is 1. The standard InChI is InChI=1S/C14H18N2O2.C2H6.H2/c1-10(17)14-9-11-8-12(4-5-13(11)15-14)18-7-6-16(2)3;1-2;/h4-5,8-9,15H,6-7H2,1-3H3;1-2H3;1H. The first kappa shape index (κ1) is 16.2. The third-order valence-electron chi connectivity index (χ3n) is 2.78. The molecule has 0 aliphatic carbocycles. The number of nitrogens with one attached hydrogen (secondary N) is 1. The molecule has 2 aromatic rings. The van der Waals surface area contributed by atoms with Gasteiger partial charge in [-0.1, -0.05) is 13.8 Å². The van der Waals surface area contributed by atoms with Crippen molar-refractivity contribution >= 4 is 16.7 Å². The Bertz CT molecular complexity index is 564. The van der Waals surface area contributed by atoms with E-state index in [1.165, 1.54) is 0 Å². The number of nitrogens with zero attached hydrogens (tertiary/aromatic N) is 1. The number of aromatic nitrogens is 1. The molecule has 1 aromatic heterocycles. The fourth-order valence-corrected chi connectivity index (χ4v) is 1.74. The van der Waals surface area contributed by atoms with Crippen LogP contribution in [-0.4, -0.2) is 42.9 Å². The molecule has 1 heterocycles. The largest absolute Gasteiger partial charge is 0.492 e. The van der Waals surface area contributed by atoms with Gasteiger partial charge in [0.2, 0.25) is 0 Å². The number of likely N-dealkylation sites (N-methyl/N-ethyl adjacent to an activating group) is 1. The molecule has 4 heteroatoms. The lowest BCUT2D eigenvalue weighted by atomic mass is 10.2. The number of hydrogen-bond acceptors (Lipinski definition) is 3. The maximum atomic E-state index is 11.3. The van der Waals surface area contributed by atoms with Gasteiger partial charge in [-0.15, -0.1) is 0 Å². The predicted molar refractivity (Wildman–Crippen MR) is 85.8 cm³/mol. The highest BCUT2D eigenvalue weighted by Gasteiger charge is 2.05. The van der Waals surface area contributed by atoms with Crippen molar-refractivity contribution in [1.29, 1.82) is 0 Å².